The molecule has 0 aliphatic carbocycles. The van der Waals surface area contributed by atoms with Crippen LogP contribution in [0.15, 0.2) is 78.9 Å². The molecular weight excluding hydrogens is 362 g/mol. The Morgan fingerprint density at radius 3 is 2.29 bits per heavy atom. The van der Waals surface area contributed by atoms with E-state index in [1.165, 1.54) is 16.7 Å². The molecule has 1 heterocycles. The molecule has 0 saturated heterocycles. The van der Waals surface area contributed by atoms with Crippen molar-refractivity contribution in [2.24, 2.45) is 0 Å². The van der Waals surface area contributed by atoms with E-state index in [2.05, 4.69) is 73.3 Å². The molecule has 2 nitrogen and oxygen atoms in total. The van der Waals surface area contributed by atoms with Gasteiger partial charge in [-0.25, -0.2) is 0 Å². The zero-order valence-corrected chi connectivity index (χ0v) is 17.2. The molecule has 0 fully saturated rings. The van der Waals surface area contributed by atoms with E-state index in [1.807, 2.05) is 36.0 Å². The molecule has 142 valence electrons. The fourth-order valence-corrected chi connectivity index (χ4v) is 5.51. The van der Waals surface area contributed by atoms with Crippen molar-refractivity contribution < 1.29 is 4.79 Å². The molecule has 3 heteroatoms. The number of thioether (sulfide) groups is 1. The number of nitrogens with zero attached hydrogens (tertiary/aromatic N) is 1. The third kappa shape index (κ3) is 3.14. The standard InChI is InChI=1S/C25H25NOS/c1-3-17-26-24(27)22-11-7-8-12-23(22)25(26,21-15-13-19(2)14-16-21)28-18-20-9-5-4-6-10-20/h4-16H,3,17-18H2,1-2H3. The lowest BCUT2D eigenvalue weighted by Crippen LogP contribution is -2.42. The summed E-state index contributed by atoms with van der Waals surface area (Å²) in [5, 5.41) is 0. The van der Waals surface area contributed by atoms with Gasteiger partial charge < -0.3 is 4.90 Å². The maximum absolute atomic E-state index is 13.4. The van der Waals surface area contributed by atoms with Crippen LogP contribution in [0.5, 0.6) is 0 Å². The highest BCUT2D eigenvalue weighted by Gasteiger charge is 2.50. The lowest BCUT2D eigenvalue weighted by atomic mass is 9.96. The summed E-state index contributed by atoms with van der Waals surface area (Å²) in [5.41, 5.74) is 5.61. The number of carbonyl (C=O) groups excluding carboxylic acids is 1. The third-order valence-electron chi connectivity index (χ3n) is 5.33. The van der Waals surface area contributed by atoms with Crippen LogP contribution in [0.2, 0.25) is 0 Å². The number of carbonyl (C=O) groups is 1. The van der Waals surface area contributed by atoms with E-state index < -0.39 is 4.87 Å². The van der Waals surface area contributed by atoms with Crippen LogP contribution in [0, 0.1) is 6.92 Å². The van der Waals surface area contributed by atoms with Crippen LogP contribution < -0.4 is 0 Å². The largest absolute Gasteiger partial charge is 0.316 e. The quantitative estimate of drug-likeness (QED) is 0.517. The average Bonchev–Trinajstić information content (AvgIpc) is 2.97. The van der Waals surface area contributed by atoms with E-state index in [0.717, 1.165) is 29.8 Å². The Labute approximate surface area is 171 Å². The van der Waals surface area contributed by atoms with Crippen LogP contribution in [-0.2, 0) is 10.6 Å². The minimum atomic E-state index is -0.493. The number of benzene rings is 3. The van der Waals surface area contributed by atoms with E-state index >= 15 is 0 Å². The predicted molar refractivity (Wildman–Crippen MR) is 117 cm³/mol. The molecule has 1 amide bonds. The van der Waals surface area contributed by atoms with Crippen molar-refractivity contribution in [1.29, 1.82) is 0 Å². The van der Waals surface area contributed by atoms with Gasteiger partial charge in [-0.05, 0) is 30.5 Å². The number of fused-ring (bicyclic) bond motifs is 1. The monoisotopic (exact) mass is 387 g/mol. The molecule has 0 N–H and O–H groups in total. The highest BCUT2D eigenvalue weighted by molar-refractivity contribution is 7.99. The first-order chi connectivity index (χ1) is 13.7. The number of amides is 1. The van der Waals surface area contributed by atoms with Crippen LogP contribution in [0.4, 0.5) is 0 Å². The third-order valence-corrected chi connectivity index (χ3v) is 6.90. The molecule has 0 bridgehead atoms. The van der Waals surface area contributed by atoms with E-state index in [9.17, 15) is 4.79 Å². The van der Waals surface area contributed by atoms with Crippen LogP contribution in [0.3, 0.4) is 0 Å². The van der Waals surface area contributed by atoms with Gasteiger partial charge in [0, 0.05) is 23.4 Å². The number of rotatable bonds is 6. The van der Waals surface area contributed by atoms with Crippen molar-refractivity contribution >= 4 is 17.7 Å². The molecule has 3 aromatic rings. The summed E-state index contributed by atoms with van der Waals surface area (Å²) in [5.74, 6) is 0.981. The first-order valence-electron chi connectivity index (χ1n) is 9.83. The first kappa shape index (κ1) is 18.8. The molecular formula is C25H25NOS. The smallest absolute Gasteiger partial charge is 0.255 e. The number of aryl methyl sites for hydroxylation is 1. The Bertz CT molecular complexity index is 967. The van der Waals surface area contributed by atoms with Crippen molar-refractivity contribution in [3.63, 3.8) is 0 Å². The van der Waals surface area contributed by atoms with Crippen LogP contribution in [0.25, 0.3) is 0 Å². The fraction of sp³-hybridized carbons (Fsp3) is 0.240. The lowest BCUT2D eigenvalue weighted by Gasteiger charge is -2.39. The summed E-state index contributed by atoms with van der Waals surface area (Å²) in [6.07, 6.45) is 0.930. The Morgan fingerprint density at radius 1 is 0.893 bits per heavy atom. The minimum absolute atomic E-state index is 0.138. The molecule has 1 unspecified atom stereocenters. The number of hydrogen-bond donors (Lipinski definition) is 0. The van der Waals surface area contributed by atoms with E-state index in [4.69, 9.17) is 0 Å². The van der Waals surface area contributed by atoms with Gasteiger partial charge in [-0.2, -0.15) is 0 Å². The van der Waals surface area contributed by atoms with E-state index in [0.29, 0.717) is 0 Å². The molecule has 0 saturated carbocycles. The van der Waals surface area contributed by atoms with E-state index in [-0.39, 0.29) is 5.91 Å². The van der Waals surface area contributed by atoms with Gasteiger partial charge in [0.25, 0.3) is 5.91 Å². The fourth-order valence-electron chi connectivity index (χ4n) is 3.97. The van der Waals surface area contributed by atoms with Crippen molar-refractivity contribution in [2.75, 3.05) is 6.54 Å². The van der Waals surface area contributed by atoms with Crippen LogP contribution in [0.1, 0.15) is 46.0 Å². The van der Waals surface area contributed by atoms with Gasteiger partial charge in [0.05, 0.1) is 0 Å². The van der Waals surface area contributed by atoms with Gasteiger partial charge in [0.1, 0.15) is 4.87 Å². The highest BCUT2D eigenvalue weighted by Crippen LogP contribution is 2.52. The SMILES string of the molecule is CCCN1C(=O)c2ccccc2C1(SCc1ccccc1)c1ccc(C)cc1. The molecule has 28 heavy (non-hydrogen) atoms. The van der Waals surface area contributed by atoms with Gasteiger partial charge in [0.15, 0.2) is 0 Å². The molecule has 1 atom stereocenters. The summed E-state index contributed by atoms with van der Waals surface area (Å²) in [6.45, 7) is 4.98. The summed E-state index contributed by atoms with van der Waals surface area (Å²) < 4.78 is 0. The van der Waals surface area contributed by atoms with Crippen molar-refractivity contribution in [1.82, 2.24) is 4.90 Å². The van der Waals surface area contributed by atoms with Crippen LogP contribution in [-0.4, -0.2) is 17.4 Å². The Morgan fingerprint density at radius 2 is 1.57 bits per heavy atom. The maximum atomic E-state index is 13.4. The molecule has 1 aliphatic rings. The van der Waals surface area contributed by atoms with Gasteiger partial charge in [-0.3, -0.25) is 4.79 Å². The summed E-state index contributed by atoms with van der Waals surface area (Å²) in [4.78, 5) is 15.0. The minimum Gasteiger partial charge on any atom is -0.316 e. The van der Waals surface area contributed by atoms with Gasteiger partial charge in [-0.15, -0.1) is 11.8 Å². The second-order valence-electron chi connectivity index (χ2n) is 7.29. The summed E-state index contributed by atoms with van der Waals surface area (Å²) in [6, 6.07) is 27.3. The zero-order valence-electron chi connectivity index (χ0n) is 16.4. The molecule has 1 aliphatic heterocycles. The normalized spacial score (nSPS) is 18.4. The molecule has 0 aromatic heterocycles. The highest BCUT2D eigenvalue weighted by atomic mass is 32.2. The van der Waals surface area contributed by atoms with Crippen molar-refractivity contribution in [3.8, 4) is 0 Å². The second kappa shape index (κ2) is 7.84. The zero-order chi connectivity index (χ0) is 19.6. The van der Waals surface area contributed by atoms with Gasteiger partial charge in [-0.1, -0.05) is 85.3 Å². The molecule has 4 rings (SSSR count). The first-order valence-corrected chi connectivity index (χ1v) is 10.8. The Kier molecular flexibility index (Phi) is 5.27. The van der Waals surface area contributed by atoms with Gasteiger partial charge >= 0.3 is 0 Å². The summed E-state index contributed by atoms with van der Waals surface area (Å²) in [7, 11) is 0. The predicted octanol–water partition coefficient (Wildman–Crippen LogP) is 6.00. The van der Waals surface area contributed by atoms with Crippen molar-refractivity contribution in [2.45, 2.75) is 30.9 Å². The van der Waals surface area contributed by atoms with Crippen molar-refractivity contribution in [3.05, 3.63) is 107 Å². The maximum Gasteiger partial charge on any atom is 0.255 e. The topological polar surface area (TPSA) is 20.3 Å². The van der Waals surface area contributed by atoms with E-state index in [1.54, 1.807) is 0 Å². The summed E-state index contributed by atoms with van der Waals surface area (Å²) >= 11 is 1.84. The van der Waals surface area contributed by atoms with Gasteiger partial charge in [0.2, 0.25) is 0 Å². The average molecular weight is 388 g/mol. The molecule has 0 spiro atoms. The Hall–Kier alpha value is -2.52. The lowest BCUT2D eigenvalue weighted by molar-refractivity contribution is 0.0724. The molecule has 3 aromatic carbocycles. The second-order valence-corrected chi connectivity index (χ2v) is 8.45. The molecule has 0 radical (unpaired) electrons. The number of hydrogen-bond acceptors (Lipinski definition) is 2. The Balaban J connectivity index is 1.87. The van der Waals surface area contributed by atoms with Crippen LogP contribution >= 0.6 is 11.8 Å².